The molecule has 0 spiro atoms. The van der Waals surface area contributed by atoms with Crippen LogP contribution >= 0.6 is 11.3 Å². The topological polar surface area (TPSA) is 81.2 Å². The molecule has 0 saturated heterocycles. The number of carbonyl (C=O) groups excluding carboxylic acids is 1. The largest absolute Gasteiger partial charge is 0.440 e. The molecule has 2 aromatic rings. The van der Waals surface area contributed by atoms with E-state index in [0.29, 0.717) is 23.9 Å². The lowest BCUT2D eigenvalue weighted by Crippen LogP contribution is -2.52. The van der Waals surface area contributed by atoms with Crippen molar-refractivity contribution in [3.63, 3.8) is 0 Å². The van der Waals surface area contributed by atoms with Crippen LogP contribution in [0.25, 0.3) is 10.8 Å². The number of aryl methyl sites for hydroxylation is 1. The van der Waals surface area contributed by atoms with Crippen LogP contribution in [0.1, 0.15) is 37.1 Å². The summed E-state index contributed by atoms with van der Waals surface area (Å²) in [5.74, 6) is 1.26. The minimum absolute atomic E-state index is 0.0264. The van der Waals surface area contributed by atoms with E-state index in [1.807, 2.05) is 24.4 Å². The van der Waals surface area contributed by atoms with E-state index in [1.165, 1.54) is 0 Å². The van der Waals surface area contributed by atoms with Crippen LogP contribution in [0.4, 0.5) is 0 Å². The van der Waals surface area contributed by atoms with Crippen LogP contribution in [0, 0.1) is 6.92 Å². The first-order chi connectivity index (χ1) is 10.6. The first-order valence-electron chi connectivity index (χ1n) is 7.63. The summed E-state index contributed by atoms with van der Waals surface area (Å²) in [5.41, 5.74) is 6.34. The molecule has 3 rings (SSSR count). The van der Waals surface area contributed by atoms with E-state index in [-0.39, 0.29) is 17.9 Å². The molecule has 0 radical (unpaired) electrons. The second-order valence-electron chi connectivity index (χ2n) is 5.92. The molecule has 118 valence electrons. The second kappa shape index (κ2) is 6.22. The van der Waals surface area contributed by atoms with Crippen molar-refractivity contribution in [1.82, 2.24) is 10.3 Å². The molecule has 0 bridgehead atoms. The van der Waals surface area contributed by atoms with Gasteiger partial charge in [-0.1, -0.05) is 18.9 Å². The lowest BCUT2D eigenvalue weighted by atomic mass is 9.97. The number of nitrogens with one attached hydrogen (secondary N) is 1. The number of thiophene rings is 1. The van der Waals surface area contributed by atoms with E-state index in [4.69, 9.17) is 10.2 Å². The van der Waals surface area contributed by atoms with Crippen molar-refractivity contribution in [3.05, 3.63) is 29.0 Å². The van der Waals surface area contributed by atoms with Gasteiger partial charge >= 0.3 is 0 Å². The van der Waals surface area contributed by atoms with Gasteiger partial charge in [-0.25, -0.2) is 4.98 Å². The van der Waals surface area contributed by atoms with Crippen molar-refractivity contribution in [1.29, 1.82) is 0 Å². The second-order valence-corrected chi connectivity index (χ2v) is 6.86. The van der Waals surface area contributed by atoms with Gasteiger partial charge in [0.15, 0.2) is 0 Å². The fraction of sp³-hybridized carbons (Fsp3) is 0.500. The Bertz CT molecular complexity index is 642. The third kappa shape index (κ3) is 3.08. The van der Waals surface area contributed by atoms with Gasteiger partial charge in [0.2, 0.25) is 11.8 Å². The molecule has 1 aliphatic rings. The predicted molar refractivity (Wildman–Crippen MR) is 86.7 cm³/mol. The minimum Gasteiger partial charge on any atom is -0.440 e. The molecule has 0 aliphatic heterocycles. The fourth-order valence-electron chi connectivity index (χ4n) is 3.02. The average molecular weight is 319 g/mol. The molecule has 2 heterocycles. The highest BCUT2D eigenvalue weighted by Gasteiger charge is 2.34. The normalized spacial score (nSPS) is 16.8. The van der Waals surface area contributed by atoms with Gasteiger partial charge in [0.1, 0.15) is 5.76 Å². The van der Waals surface area contributed by atoms with E-state index >= 15 is 0 Å². The first-order valence-corrected chi connectivity index (χ1v) is 8.51. The molecule has 6 heteroatoms. The molecule has 3 N–H and O–H groups in total. The Hall–Kier alpha value is -1.66. The molecular weight excluding hydrogens is 298 g/mol. The van der Waals surface area contributed by atoms with Gasteiger partial charge in [0.25, 0.3) is 0 Å². The molecule has 1 saturated carbocycles. The van der Waals surface area contributed by atoms with Crippen LogP contribution in [-0.4, -0.2) is 23.0 Å². The van der Waals surface area contributed by atoms with Crippen molar-refractivity contribution in [3.8, 4) is 10.8 Å². The number of amides is 1. The maximum Gasteiger partial charge on any atom is 0.236 e. The Morgan fingerprint density at radius 3 is 2.91 bits per heavy atom. The summed E-state index contributed by atoms with van der Waals surface area (Å²) in [6.45, 7) is 2.35. The monoisotopic (exact) mass is 319 g/mol. The predicted octanol–water partition coefficient (Wildman–Crippen LogP) is 2.64. The van der Waals surface area contributed by atoms with Crippen molar-refractivity contribution in [2.45, 2.75) is 44.6 Å². The molecule has 0 atom stereocenters. The quantitative estimate of drug-likeness (QED) is 0.887. The number of nitrogens with two attached hydrogens (primary N) is 1. The zero-order valence-electron chi connectivity index (χ0n) is 12.7. The zero-order valence-corrected chi connectivity index (χ0v) is 13.5. The van der Waals surface area contributed by atoms with Gasteiger partial charge in [-0.05, 0) is 31.2 Å². The third-order valence-electron chi connectivity index (χ3n) is 4.31. The molecule has 2 aromatic heterocycles. The number of nitrogens with zero attached hydrogens (tertiary/aromatic N) is 1. The highest BCUT2D eigenvalue weighted by molar-refractivity contribution is 7.13. The molecule has 22 heavy (non-hydrogen) atoms. The van der Waals surface area contributed by atoms with Crippen LogP contribution in [0.3, 0.4) is 0 Å². The molecule has 0 aromatic carbocycles. The van der Waals surface area contributed by atoms with E-state index in [1.54, 1.807) is 11.3 Å². The number of rotatable bonds is 5. The number of hydrogen-bond acceptors (Lipinski definition) is 5. The van der Waals surface area contributed by atoms with Gasteiger partial charge in [0.05, 0.1) is 22.5 Å². The van der Waals surface area contributed by atoms with E-state index in [2.05, 4.69) is 10.3 Å². The van der Waals surface area contributed by atoms with Crippen molar-refractivity contribution < 1.29 is 9.21 Å². The highest BCUT2D eigenvalue weighted by atomic mass is 32.1. The van der Waals surface area contributed by atoms with Crippen LogP contribution < -0.4 is 11.1 Å². The van der Waals surface area contributed by atoms with Gasteiger partial charge in [-0.2, -0.15) is 0 Å². The Kier molecular flexibility index (Phi) is 4.31. The standard InChI is InChI=1S/C16H21N3O2S/c1-11-12(18-15(21-11)13-5-4-8-22-13)9-14(20)19-16(10-17)6-2-3-7-16/h4-5,8H,2-3,6-7,9-10,17H2,1H3,(H,19,20). The minimum atomic E-state index is -0.217. The molecular formula is C16H21N3O2S. The zero-order chi connectivity index (χ0) is 15.6. The average Bonchev–Trinajstić information content (AvgIpc) is 3.21. The molecule has 0 unspecified atom stereocenters. The Balaban J connectivity index is 1.69. The van der Waals surface area contributed by atoms with Crippen LogP contribution in [0.5, 0.6) is 0 Å². The fourth-order valence-corrected chi connectivity index (χ4v) is 3.67. The molecule has 1 fully saturated rings. The van der Waals surface area contributed by atoms with Crippen LogP contribution in [0.15, 0.2) is 21.9 Å². The summed E-state index contributed by atoms with van der Waals surface area (Å²) in [7, 11) is 0. The van der Waals surface area contributed by atoms with Crippen LogP contribution in [-0.2, 0) is 11.2 Å². The van der Waals surface area contributed by atoms with Gasteiger partial charge < -0.3 is 15.5 Å². The Morgan fingerprint density at radius 1 is 1.50 bits per heavy atom. The Morgan fingerprint density at radius 2 is 2.27 bits per heavy atom. The smallest absolute Gasteiger partial charge is 0.236 e. The van der Waals surface area contributed by atoms with Gasteiger partial charge in [0, 0.05) is 6.54 Å². The Labute approximate surface area is 133 Å². The summed E-state index contributed by atoms with van der Waals surface area (Å²) >= 11 is 1.57. The van der Waals surface area contributed by atoms with Gasteiger partial charge in [-0.3, -0.25) is 4.79 Å². The van der Waals surface area contributed by atoms with Crippen LogP contribution in [0.2, 0.25) is 0 Å². The van der Waals surface area contributed by atoms with Gasteiger partial charge in [-0.15, -0.1) is 11.3 Å². The van der Waals surface area contributed by atoms with Crippen molar-refractivity contribution in [2.75, 3.05) is 6.54 Å². The lowest BCUT2D eigenvalue weighted by molar-refractivity contribution is -0.122. The lowest BCUT2D eigenvalue weighted by Gasteiger charge is -2.28. The van der Waals surface area contributed by atoms with E-state index in [0.717, 1.165) is 30.6 Å². The summed E-state index contributed by atoms with van der Waals surface area (Å²) in [4.78, 5) is 17.8. The summed E-state index contributed by atoms with van der Waals surface area (Å²) in [5, 5.41) is 5.10. The number of aromatic nitrogens is 1. The van der Waals surface area contributed by atoms with Crippen molar-refractivity contribution in [2.24, 2.45) is 5.73 Å². The third-order valence-corrected chi connectivity index (χ3v) is 5.17. The number of carbonyl (C=O) groups is 1. The summed E-state index contributed by atoms with van der Waals surface area (Å²) in [6, 6.07) is 3.92. The molecule has 5 nitrogen and oxygen atoms in total. The maximum atomic E-state index is 12.3. The number of oxazole rings is 1. The molecule has 1 aliphatic carbocycles. The summed E-state index contributed by atoms with van der Waals surface area (Å²) < 4.78 is 5.68. The SMILES string of the molecule is Cc1oc(-c2cccs2)nc1CC(=O)NC1(CN)CCCC1. The first kappa shape index (κ1) is 15.2. The van der Waals surface area contributed by atoms with Crippen molar-refractivity contribution >= 4 is 17.2 Å². The maximum absolute atomic E-state index is 12.3. The number of hydrogen-bond donors (Lipinski definition) is 2. The van der Waals surface area contributed by atoms with E-state index < -0.39 is 0 Å². The summed E-state index contributed by atoms with van der Waals surface area (Å²) in [6.07, 6.45) is 4.43. The van der Waals surface area contributed by atoms with E-state index in [9.17, 15) is 4.79 Å². The molecule has 1 amide bonds. The highest BCUT2D eigenvalue weighted by Crippen LogP contribution is 2.29.